The van der Waals surface area contributed by atoms with E-state index in [1.807, 2.05) is 33.8 Å². The summed E-state index contributed by atoms with van der Waals surface area (Å²) < 4.78 is 16.5. The molecule has 0 saturated heterocycles. The molecular formula is C45H56N6O5. The molecule has 56 heavy (non-hydrogen) atoms. The molecule has 5 heterocycles. The highest BCUT2D eigenvalue weighted by molar-refractivity contribution is 6.26. The van der Waals surface area contributed by atoms with Crippen molar-refractivity contribution in [3.05, 3.63) is 109 Å². The summed E-state index contributed by atoms with van der Waals surface area (Å²) in [5.41, 5.74) is 14.9. The zero-order valence-electron chi connectivity index (χ0n) is 34.2. The Morgan fingerprint density at radius 2 is 1.57 bits per heavy atom. The van der Waals surface area contributed by atoms with Crippen LogP contribution in [0.2, 0.25) is 0 Å². The second kappa shape index (κ2) is 16.9. The number of hydrogen-bond donors (Lipinski definition) is 4. The van der Waals surface area contributed by atoms with Gasteiger partial charge in [0, 0.05) is 52.6 Å². The van der Waals surface area contributed by atoms with E-state index < -0.39 is 11.7 Å². The van der Waals surface area contributed by atoms with Crippen LogP contribution in [0, 0.1) is 6.92 Å². The van der Waals surface area contributed by atoms with Crippen molar-refractivity contribution in [3.8, 4) is 0 Å². The standard InChI is InChI=1S/C45H56N6O5/c1-11-30-26(4)34-22-36-28(6)32(14-13-25(3)46-15-17-54-19-20-55-18-16-47-44(53)56-45(8,9)10)42(50-36)33-21-40(52)41-29(7)37(51-43(33)41)24-39-31(12-2)27(5)35(49-39)23-38(30)48-34/h11,22-24,46,48,52H,1,3,12-21H2,2,4-10H3,(H,47,53). The largest absolute Gasteiger partial charge is 0.511 e. The van der Waals surface area contributed by atoms with Crippen molar-refractivity contribution in [2.75, 3.05) is 39.5 Å². The SMILES string of the molecule is C=Cc1c(C)c2[nH]c1=CC1=NC(=CC3=C(C)C4=C(O)CC(=C5N=C(C=2)C(C)=C5CCC(=C)NCCOCCOCCNC(=O)OC(C)(C)C)C4=N3)C(CC)=C1C. The summed E-state index contributed by atoms with van der Waals surface area (Å²) in [6.45, 7) is 27.2. The number of hydrogen-bond acceptors (Lipinski definition) is 9. The summed E-state index contributed by atoms with van der Waals surface area (Å²) >= 11 is 0. The highest BCUT2D eigenvalue weighted by Gasteiger charge is 2.37. The predicted molar refractivity (Wildman–Crippen MR) is 226 cm³/mol. The molecule has 0 radical (unpaired) electrons. The van der Waals surface area contributed by atoms with Gasteiger partial charge in [0.1, 0.15) is 11.4 Å². The number of aliphatic hydroxyl groups excluding tert-OH is 1. The molecule has 1 aromatic rings. The van der Waals surface area contributed by atoms with Crippen LogP contribution in [0.5, 0.6) is 0 Å². The van der Waals surface area contributed by atoms with Gasteiger partial charge in [-0.25, -0.2) is 19.8 Å². The van der Waals surface area contributed by atoms with Crippen molar-refractivity contribution in [3.63, 3.8) is 0 Å². The summed E-state index contributed by atoms with van der Waals surface area (Å²) in [4.78, 5) is 30.9. The number of aromatic amines is 1. The molecule has 4 N–H and O–H groups in total. The van der Waals surface area contributed by atoms with Gasteiger partial charge in [-0.15, -0.1) is 0 Å². The predicted octanol–water partition coefficient (Wildman–Crippen LogP) is 7.02. The van der Waals surface area contributed by atoms with Gasteiger partial charge in [0.25, 0.3) is 0 Å². The highest BCUT2D eigenvalue weighted by Crippen LogP contribution is 2.44. The average molecular weight is 761 g/mol. The van der Waals surface area contributed by atoms with Gasteiger partial charge in [0.05, 0.1) is 60.7 Å². The zero-order chi connectivity index (χ0) is 40.3. The van der Waals surface area contributed by atoms with E-state index in [1.165, 1.54) is 5.57 Å². The number of carbonyl (C=O) groups excluding carboxylic acids is 1. The minimum Gasteiger partial charge on any atom is -0.511 e. The van der Waals surface area contributed by atoms with Crippen molar-refractivity contribution < 1.29 is 24.1 Å². The van der Waals surface area contributed by atoms with E-state index in [0.29, 0.717) is 64.5 Å². The summed E-state index contributed by atoms with van der Waals surface area (Å²) in [5.74, 6) is 0.323. The molecule has 4 aliphatic heterocycles. The van der Waals surface area contributed by atoms with E-state index in [-0.39, 0.29) is 0 Å². The van der Waals surface area contributed by atoms with Crippen molar-refractivity contribution in [1.82, 2.24) is 15.6 Å². The van der Waals surface area contributed by atoms with Crippen LogP contribution in [0.15, 0.2) is 102 Å². The summed E-state index contributed by atoms with van der Waals surface area (Å²) in [5, 5.41) is 19.4. The van der Waals surface area contributed by atoms with Gasteiger partial charge < -0.3 is 34.9 Å². The van der Waals surface area contributed by atoms with Gasteiger partial charge in [0.15, 0.2) is 0 Å². The molecule has 11 nitrogen and oxygen atoms in total. The number of aromatic nitrogens is 1. The average Bonchev–Trinajstić information content (AvgIpc) is 3.89. The molecule has 8 bridgehead atoms. The molecule has 0 saturated carbocycles. The molecule has 0 atom stereocenters. The normalized spacial score (nSPS) is 17.6. The minimum atomic E-state index is -0.532. The lowest BCUT2D eigenvalue weighted by Gasteiger charge is -2.19. The van der Waals surface area contributed by atoms with E-state index in [9.17, 15) is 9.90 Å². The molecule has 0 aromatic carbocycles. The number of carbonyl (C=O) groups is 1. The molecule has 5 aliphatic rings. The van der Waals surface area contributed by atoms with Crippen LogP contribution in [0.25, 0.3) is 18.2 Å². The van der Waals surface area contributed by atoms with Crippen LogP contribution >= 0.6 is 0 Å². The maximum atomic E-state index is 11.7. The van der Waals surface area contributed by atoms with Gasteiger partial charge in [-0.1, -0.05) is 26.2 Å². The van der Waals surface area contributed by atoms with Gasteiger partial charge in [-0.2, -0.15) is 0 Å². The Kier molecular flexibility index (Phi) is 12.2. The van der Waals surface area contributed by atoms with Crippen LogP contribution in [-0.4, -0.2) is 78.4 Å². The first-order chi connectivity index (χ1) is 26.7. The Morgan fingerprint density at radius 1 is 0.911 bits per heavy atom. The number of allylic oxidation sites excluding steroid dienone is 9. The Labute approximate surface area is 330 Å². The van der Waals surface area contributed by atoms with Crippen molar-refractivity contribution in [1.29, 1.82) is 0 Å². The van der Waals surface area contributed by atoms with Gasteiger partial charge in [0.2, 0.25) is 0 Å². The van der Waals surface area contributed by atoms with Crippen LogP contribution in [0.3, 0.4) is 0 Å². The van der Waals surface area contributed by atoms with Crippen LogP contribution in [0.1, 0.15) is 85.3 Å². The van der Waals surface area contributed by atoms with Gasteiger partial charge in [-0.3, -0.25) is 0 Å². The fourth-order valence-corrected chi connectivity index (χ4v) is 7.55. The maximum absolute atomic E-state index is 11.7. The topological polar surface area (TPSA) is 142 Å². The minimum absolute atomic E-state index is 0.323. The second-order valence-electron chi connectivity index (χ2n) is 15.5. The number of fused-ring (bicyclic) bond motifs is 5. The fraction of sp³-hybridized carbons (Fsp3) is 0.422. The number of alkyl carbamates (subject to hydrolysis) is 1. The fourth-order valence-electron chi connectivity index (χ4n) is 7.55. The molecule has 6 rings (SSSR count). The number of aliphatic hydroxyl groups is 1. The monoisotopic (exact) mass is 760 g/mol. The number of ether oxygens (including phenoxy) is 3. The first kappa shape index (κ1) is 40.4. The highest BCUT2D eigenvalue weighted by atomic mass is 16.6. The lowest BCUT2D eigenvalue weighted by molar-refractivity contribution is 0.0405. The first-order valence-corrected chi connectivity index (χ1v) is 19.5. The quantitative estimate of drug-likeness (QED) is 0.142. The second-order valence-corrected chi connectivity index (χ2v) is 15.5. The smallest absolute Gasteiger partial charge is 0.407 e. The molecule has 0 fully saturated rings. The zero-order valence-corrected chi connectivity index (χ0v) is 34.2. The van der Waals surface area contributed by atoms with Crippen molar-refractivity contribution in [2.45, 2.75) is 86.7 Å². The maximum Gasteiger partial charge on any atom is 0.407 e. The number of amides is 1. The number of nitrogens with zero attached hydrogens (tertiary/aromatic N) is 3. The van der Waals surface area contributed by atoms with Crippen molar-refractivity contribution >= 4 is 41.5 Å². The Hall–Kier alpha value is -5.26. The number of H-pyrrole nitrogens is 1. The van der Waals surface area contributed by atoms with E-state index >= 15 is 0 Å². The van der Waals surface area contributed by atoms with Gasteiger partial charge >= 0.3 is 6.09 Å². The van der Waals surface area contributed by atoms with Crippen LogP contribution in [-0.2, 0) is 14.2 Å². The molecule has 1 aromatic heterocycles. The first-order valence-electron chi connectivity index (χ1n) is 19.5. The molecule has 296 valence electrons. The molecule has 0 unspecified atom stereocenters. The van der Waals surface area contributed by atoms with E-state index in [2.05, 4.69) is 74.7 Å². The Bertz CT molecular complexity index is 2280. The summed E-state index contributed by atoms with van der Waals surface area (Å²) in [6, 6.07) is 0. The summed E-state index contributed by atoms with van der Waals surface area (Å²) in [6.07, 6.45) is 10.4. The number of rotatable bonds is 15. The Morgan fingerprint density at radius 3 is 2.25 bits per heavy atom. The molecule has 1 amide bonds. The summed E-state index contributed by atoms with van der Waals surface area (Å²) in [7, 11) is 0. The van der Waals surface area contributed by atoms with Crippen LogP contribution < -0.4 is 21.3 Å². The van der Waals surface area contributed by atoms with Crippen LogP contribution in [0.4, 0.5) is 4.79 Å². The third-order valence-corrected chi connectivity index (χ3v) is 10.5. The molecular weight excluding hydrogens is 705 g/mol. The third kappa shape index (κ3) is 8.59. The molecule has 1 aliphatic carbocycles. The number of nitrogens with one attached hydrogen (secondary N) is 3. The Balaban J connectivity index is 1.17. The lowest BCUT2D eigenvalue weighted by atomic mass is 9.95. The van der Waals surface area contributed by atoms with Gasteiger partial charge in [-0.05, 0) is 119 Å². The van der Waals surface area contributed by atoms with E-state index in [4.69, 9.17) is 29.2 Å². The number of aliphatic imine (C=N–C) groups is 3. The molecule has 0 spiro atoms. The van der Waals surface area contributed by atoms with Crippen molar-refractivity contribution in [2.24, 2.45) is 15.0 Å². The van der Waals surface area contributed by atoms with E-state index in [0.717, 1.165) is 102 Å². The van der Waals surface area contributed by atoms with E-state index in [1.54, 1.807) is 0 Å². The lowest BCUT2D eigenvalue weighted by Crippen LogP contribution is -2.34. The third-order valence-electron chi connectivity index (χ3n) is 10.5. The molecule has 11 heteroatoms.